The zero-order valence-electron chi connectivity index (χ0n) is 15.7. The molecule has 5 nitrogen and oxygen atoms in total. The number of aromatic nitrogens is 1. The molecule has 1 atom stereocenters. The van der Waals surface area contributed by atoms with Gasteiger partial charge in [-0.3, -0.25) is 4.79 Å². The van der Waals surface area contributed by atoms with Gasteiger partial charge in [0.05, 0.1) is 20.3 Å². The molecule has 0 fully saturated rings. The van der Waals surface area contributed by atoms with Crippen molar-refractivity contribution in [1.82, 2.24) is 9.71 Å². The maximum atomic E-state index is 12.3. The van der Waals surface area contributed by atoms with Crippen LogP contribution in [0.15, 0.2) is 52.5 Å². The Kier molecular flexibility index (Phi) is 6.61. The molecule has 0 spiro atoms. The summed E-state index contributed by atoms with van der Waals surface area (Å²) in [4.78, 5) is 17.0. The molecule has 1 unspecified atom stereocenters. The van der Waals surface area contributed by atoms with E-state index < -0.39 is 6.04 Å². The molecule has 3 aromatic rings. The molecule has 2 aromatic carbocycles. The van der Waals surface area contributed by atoms with Crippen molar-refractivity contribution in [2.45, 2.75) is 26.8 Å². The van der Waals surface area contributed by atoms with Crippen LogP contribution in [-0.4, -0.2) is 16.9 Å². The normalized spacial score (nSPS) is 16.1. The fourth-order valence-electron chi connectivity index (χ4n) is 2.60. The van der Waals surface area contributed by atoms with E-state index in [0.29, 0.717) is 15.7 Å². The lowest BCUT2D eigenvalue weighted by molar-refractivity contribution is -0.116. The number of aryl methyl sites for hydroxylation is 1. The van der Waals surface area contributed by atoms with Crippen molar-refractivity contribution in [3.8, 4) is 10.6 Å². The Morgan fingerprint density at radius 3 is 2.57 bits per heavy atom. The fourth-order valence-corrected chi connectivity index (χ4v) is 4.69. The zero-order chi connectivity index (χ0) is 20.3. The first kappa shape index (κ1) is 20.7. The van der Waals surface area contributed by atoms with E-state index >= 15 is 0 Å². The van der Waals surface area contributed by atoms with Crippen LogP contribution in [0, 0.1) is 6.92 Å². The highest BCUT2D eigenvalue weighted by molar-refractivity contribution is 8.01. The van der Waals surface area contributed by atoms with Crippen LogP contribution >= 0.6 is 34.9 Å². The zero-order valence-corrected chi connectivity index (χ0v) is 18.1. The molecule has 1 aliphatic heterocycles. The Labute approximate surface area is 177 Å². The summed E-state index contributed by atoms with van der Waals surface area (Å²) in [6, 6.07) is 13.2. The molecule has 4 rings (SSSR count). The maximum absolute atomic E-state index is 12.3. The lowest BCUT2D eigenvalue weighted by Crippen LogP contribution is -2.34. The number of hydrogen-bond acceptors (Lipinski definition) is 6. The molecule has 0 radical (unpaired) electrons. The van der Waals surface area contributed by atoms with Gasteiger partial charge in [0, 0.05) is 11.3 Å². The first-order chi connectivity index (χ1) is 13.5. The van der Waals surface area contributed by atoms with Crippen LogP contribution in [0.1, 0.15) is 19.4 Å². The molecule has 8 heteroatoms. The summed E-state index contributed by atoms with van der Waals surface area (Å²) in [5.74, 6) is -0.244. The number of hydrogen-bond donors (Lipinski definition) is 3. The van der Waals surface area contributed by atoms with E-state index in [0.717, 1.165) is 28.0 Å². The van der Waals surface area contributed by atoms with Gasteiger partial charge in [0.15, 0.2) is 0 Å². The number of amides is 1. The van der Waals surface area contributed by atoms with E-state index in [1.807, 2.05) is 44.2 Å². The Balaban J connectivity index is 0.00000109. The first-order valence-electron chi connectivity index (χ1n) is 8.87. The molecule has 4 N–H and O–H groups in total. The molecule has 1 aliphatic rings. The predicted molar refractivity (Wildman–Crippen MR) is 121 cm³/mol. The number of nitrogens with two attached hydrogens (primary N) is 1. The lowest BCUT2D eigenvalue weighted by atomic mass is 10.2. The summed E-state index contributed by atoms with van der Waals surface area (Å²) in [5.41, 5.74) is 9.61. The molecule has 0 saturated heterocycles. The van der Waals surface area contributed by atoms with Gasteiger partial charge in [-0.15, -0.1) is 11.3 Å². The number of anilines is 1. The number of nitrogens with zero attached hydrogens (tertiary/aromatic N) is 1. The summed E-state index contributed by atoms with van der Waals surface area (Å²) < 4.78 is 4.07. The molecule has 0 bridgehead atoms. The van der Waals surface area contributed by atoms with Crippen molar-refractivity contribution >= 4 is 56.7 Å². The Morgan fingerprint density at radius 2 is 1.93 bits per heavy atom. The molecule has 28 heavy (non-hydrogen) atoms. The Morgan fingerprint density at radius 1 is 1.21 bits per heavy atom. The van der Waals surface area contributed by atoms with Crippen molar-refractivity contribution in [3.05, 3.63) is 58.1 Å². The molecule has 1 amide bonds. The minimum absolute atomic E-state index is 0.244. The molecule has 2 heterocycles. The van der Waals surface area contributed by atoms with Crippen LogP contribution < -0.4 is 15.8 Å². The molecule has 0 saturated carbocycles. The second-order valence-corrected chi connectivity index (χ2v) is 8.24. The fraction of sp³-hybridized carbons (Fsp3) is 0.200. The largest absolute Gasteiger partial charge is 0.391 e. The summed E-state index contributed by atoms with van der Waals surface area (Å²) in [6.45, 7) is 6.07. The van der Waals surface area contributed by atoms with Crippen LogP contribution in [0.25, 0.3) is 20.8 Å². The number of nitrogens with one attached hydrogen (secondary N) is 2. The average Bonchev–Trinajstić information content (AvgIpc) is 3.27. The third-order valence-electron chi connectivity index (χ3n) is 3.98. The van der Waals surface area contributed by atoms with Crippen molar-refractivity contribution in [1.29, 1.82) is 0 Å². The SMILES string of the molecule is CC.Cc1ccc2nc(-c3ccc(NC(=O)C4NSC(N)=C4Cl)cc3)sc2c1. The van der Waals surface area contributed by atoms with Gasteiger partial charge in [-0.2, -0.15) is 0 Å². The van der Waals surface area contributed by atoms with E-state index in [1.54, 1.807) is 11.3 Å². The molecular weight excluding hydrogens is 412 g/mol. The van der Waals surface area contributed by atoms with Gasteiger partial charge in [0.1, 0.15) is 11.0 Å². The molecule has 1 aromatic heterocycles. The topological polar surface area (TPSA) is 80.0 Å². The number of halogens is 1. The standard InChI is InChI=1S/C18H15ClN4OS2.C2H6/c1-9-2-7-12-13(8-9)25-18(22-12)10-3-5-11(6-4-10)21-17(24)15-14(19)16(20)26-23-15;1-2/h2-8,15,23H,20H2,1H3,(H,21,24);1-2H3. The lowest BCUT2D eigenvalue weighted by Gasteiger charge is -2.11. The van der Waals surface area contributed by atoms with Crippen LogP contribution in [0.2, 0.25) is 0 Å². The van der Waals surface area contributed by atoms with E-state index in [4.69, 9.17) is 17.3 Å². The number of rotatable bonds is 3. The van der Waals surface area contributed by atoms with Gasteiger partial charge in [0.2, 0.25) is 5.91 Å². The van der Waals surface area contributed by atoms with Gasteiger partial charge >= 0.3 is 0 Å². The summed E-state index contributed by atoms with van der Waals surface area (Å²) in [5, 5.41) is 4.55. The van der Waals surface area contributed by atoms with Crippen LogP contribution in [0.4, 0.5) is 5.69 Å². The summed E-state index contributed by atoms with van der Waals surface area (Å²) >= 11 is 8.87. The van der Waals surface area contributed by atoms with Gasteiger partial charge < -0.3 is 11.1 Å². The monoisotopic (exact) mass is 432 g/mol. The van der Waals surface area contributed by atoms with E-state index in [9.17, 15) is 4.79 Å². The van der Waals surface area contributed by atoms with Crippen LogP contribution in [-0.2, 0) is 4.79 Å². The van der Waals surface area contributed by atoms with E-state index in [1.165, 1.54) is 10.3 Å². The highest BCUT2D eigenvalue weighted by atomic mass is 35.5. The minimum Gasteiger partial charge on any atom is -0.391 e. The minimum atomic E-state index is -0.631. The Hall–Kier alpha value is -2.06. The number of carbonyl (C=O) groups is 1. The number of fused-ring (bicyclic) bond motifs is 1. The van der Waals surface area contributed by atoms with Crippen LogP contribution in [0.5, 0.6) is 0 Å². The van der Waals surface area contributed by atoms with Gasteiger partial charge in [-0.05, 0) is 60.8 Å². The van der Waals surface area contributed by atoms with Crippen molar-refractivity contribution in [2.24, 2.45) is 5.73 Å². The van der Waals surface area contributed by atoms with E-state index in [-0.39, 0.29) is 5.91 Å². The molecule has 0 aliphatic carbocycles. The summed E-state index contributed by atoms with van der Waals surface area (Å²) in [7, 11) is 0. The maximum Gasteiger partial charge on any atom is 0.247 e. The number of thiazole rings is 1. The smallest absolute Gasteiger partial charge is 0.247 e. The third kappa shape index (κ3) is 4.33. The second-order valence-electron chi connectivity index (χ2n) is 5.92. The second kappa shape index (κ2) is 8.96. The van der Waals surface area contributed by atoms with E-state index in [2.05, 4.69) is 34.1 Å². The van der Waals surface area contributed by atoms with Gasteiger partial charge in [0.25, 0.3) is 0 Å². The van der Waals surface area contributed by atoms with Gasteiger partial charge in [-0.1, -0.05) is 31.5 Å². The quantitative estimate of drug-likeness (QED) is 0.494. The predicted octanol–water partition coefficient (Wildman–Crippen LogP) is 5.22. The number of carbonyl (C=O) groups excluding carboxylic acids is 1. The molecule has 146 valence electrons. The van der Waals surface area contributed by atoms with Gasteiger partial charge in [-0.25, -0.2) is 9.71 Å². The highest BCUT2D eigenvalue weighted by Crippen LogP contribution is 2.32. The first-order valence-corrected chi connectivity index (χ1v) is 10.9. The summed E-state index contributed by atoms with van der Waals surface area (Å²) in [6.07, 6.45) is 0. The Bertz CT molecular complexity index is 1030. The highest BCUT2D eigenvalue weighted by Gasteiger charge is 2.29. The van der Waals surface area contributed by atoms with Crippen molar-refractivity contribution in [2.75, 3.05) is 5.32 Å². The third-order valence-corrected chi connectivity index (χ3v) is 6.38. The van der Waals surface area contributed by atoms with Crippen molar-refractivity contribution in [3.63, 3.8) is 0 Å². The van der Waals surface area contributed by atoms with Crippen LogP contribution in [0.3, 0.4) is 0 Å². The average molecular weight is 433 g/mol. The molecular formula is C20H21ClN4OS2. The van der Waals surface area contributed by atoms with Crippen molar-refractivity contribution < 1.29 is 4.79 Å². The number of benzene rings is 2.